The zero-order valence-electron chi connectivity index (χ0n) is 16.6. The van der Waals surface area contributed by atoms with Gasteiger partial charge in [-0.15, -0.1) is 0 Å². The van der Waals surface area contributed by atoms with Crippen LogP contribution >= 0.6 is 11.6 Å². The van der Waals surface area contributed by atoms with Crippen LogP contribution in [0, 0.1) is 13.8 Å². The highest BCUT2D eigenvalue weighted by Crippen LogP contribution is 2.31. The Bertz CT molecular complexity index is 976. The molecule has 0 saturated heterocycles. The second kappa shape index (κ2) is 8.84. The van der Waals surface area contributed by atoms with E-state index >= 15 is 0 Å². The van der Waals surface area contributed by atoms with Crippen molar-refractivity contribution in [3.8, 4) is 5.75 Å². The number of hydrogen-bond acceptors (Lipinski definition) is 4. The number of anilines is 2. The summed E-state index contributed by atoms with van der Waals surface area (Å²) in [5.74, 6) is 0.0508. The highest BCUT2D eigenvalue weighted by molar-refractivity contribution is 7.92. The lowest BCUT2D eigenvalue weighted by Crippen LogP contribution is -2.47. The second-order valence-corrected chi connectivity index (χ2v) is 8.90. The summed E-state index contributed by atoms with van der Waals surface area (Å²) in [7, 11) is -2.24. The normalized spacial score (nSPS) is 12.4. The van der Waals surface area contributed by atoms with Crippen LogP contribution in [0.5, 0.6) is 5.75 Å². The number of amides is 1. The van der Waals surface area contributed by atoms with E-state index < -0.39 is 22.0 Å². The van der Waals surface area contributed by atoms with E-state index in [4.69, 9.17) is 16.3 Å². The van der Waals surface area contributed by atoms with Gasteiger partial charge in [0.25, 0.3) is 0 Å². The van der Waals surface area contributed by atoms with Crippen LogP contribution in [-0.4, -0.2) is 33.7 Å². The molecule has 2 aromatic rings. The van der Waals surface area contributed by atoms with Gasteiger partial charge in [0.05, 0.1) is 24.7 Å². The lowest BCUT2D eigenvalue weighted by atomic mass is 10.1. The third-order valence-electron chi connectivity index (χ3n) is 4.35. The van der Waals surface area contributed by atoms with Crippen molar-refractivity contribution in [1.82, 2.24) is 0 Å². The molecule has 0 aliphatic carbocycles. The monoisotopic (exact) mass is 424 g/mol. The first-order valence-corrected chi connectivity index (χ1v) is 11.0. The van der Waals surface area contributed by atoms with Crippen LogP contribution in [-0.2, 0) is 14.8 Å². The van der Waals surface area contributed by atoms with Crippen molar-refractivity contribution in [3.05, 3.63) is 52.5 Å². The van der Waals surface area contributed by atoms with E-state index in [1.165, 1.54) is 7.11 Å². The van der Waals surface area contributed by atoms with Crippen molar-refractivity contribution in [2.75, 3.05) is 23.0 Å². The minimum absolute atomic E-state index is 0.277. The molecule has 0 spiro atoms. The first kappa shape index (κ1) is 22.0. The van der Waals surface area contributed by atoms with Gasteiger partial charge in [0.15, 0.2) is 0 Å². The summed E-state index contributed by atoms with van der Waals surface area (Å²) in [4.78, 5) is 13.1. The number of benzene rings is 2. The SMILES string of the molecule is CC[C@@H](C(=O)Nc1cc(C)ccc1OC)N(c1cc(Cl)ccc1C)S(C)(=O)=O. The molecule has 1 atom stereocenters. The van der Waals surface area contributed by atoms with Gasteiger partial charge in [-0.1, -0.05) is 30.7 Å². The Kier molecular flexibility index (Phi) is 6.96. The number of hydrogen-bond donors (Lipinski definition) is 1. The van der Waals surface area contributed by atoms with Crippen molar-refractivity contribution in [1.29, 1.82) is 0 Å². The number of nitrogens with one attached hydrogen (secondary N) is 1. The lowest BCUT2D eigenvalue weighted by molar-refractivity contribution is -0.117. The quantitative estimate of drug-likeness (QED) is 0.724. The summed E-state index contributed by atoms with van der Waals surface area (Å²) >= 11 is 6.09. The summed E-state index contributed by atoms with van der Waals surface area (Å²) in [5, 5.41) is 3.20. The summed E-state index contributed by atoms with van der Waals surface area (Å²) < 4.78 is 31.6. The summed E-state index contributed by atoms with van der Waals surface area (Å²) in [5.41, 5.74) is 2.51. The van der Waals surface area contributed by atoms with Gasteiger partial charge in [0.2, 0.25) is 15.9 Å². The van der Waals surface area contributed by atoms with E-state index in [2.05, 4.69) is 5.32 Å². The van der Waals surface area contributed by atoms with Gasteiger partial charge in [-0.2, -0.15) is 0 Å². The number of sulfonamides is 1. The second-order valence-electron chi connectivity index (χ2n) is 6.61. The van der Waals surface area contributed by atoms with Crippen LogP contribution in [0.3, 0.4) is 0 Å². The zero-order chi connectivity index (χ0) is 21.1. The number of ether oxygens (including phenoxy) is 1. The largest absolute Gasteiger partial charge is 0.495 e. The molecule has 0 aliphatic rings. The number of carbonyl (C=O) groups excluding carboxylic acids is 1. The molecule has 0 bridgehead atoms. The molecule has 6 nitrogen and oxygen atoms in total. The molecule has 0 unspecified atom stereocenters. The topological polar surface area (TPSA) is 75.7 Å². The van der Waals surface area contributed by atoms with E-state index in [1.54, 1.807) is 44.2 Å². The summed E-state index contributed by atoms with van der Waals surface area (Å²) in [6.07, 6.45) is 1.36. The van der Waals surface area contributed by atoms with E-state index in [0.717, 1.165) is 16.1 Å². The van der Waals surface area contributed by atoms with Crippen molar-refractivity contribution >= 4 is 38.9 Å². The zero-order valence-corrected chi connectivity index (χ0v) is 18.2. The standard InChI is InChI=1S/C20H25ClN2O4S/c1-6-17(20(24)22-16-11-13(2)7-10-19(16)27-4)23(28(5,25)26)18-12-15(21)9-8-14(18)3/h7-12,17H,6H2,1-5H3,(H,22,24)/t17-/m0/s1. The molecule has 1 N–H and O–H groups in total. The fraction of sp³-hybridized carbons (Fsp3) is 0.350. The predicted octanol–water partition coefficient (Wildman–Crippen LogP) is 4.15. The number of nitrogens with zero attached hydrogens (tertiary/aromatic N) is 1. The van der Waals surface area contributed by atoms with E-state index in [0.29, 0.717) is 27.7 Å². The van der Waals surface area contributed by atoms with E-state index in [-0.39, 0.29) is 6.42 Å². The van der Waals surface area contributed by atoms with Gasteiger partial charge in [-0.05, 0) is 55.7 Å². The maximum absolute atomic E-state index is 13.1. The number of carbonyl (C=O) groups is 1. The summed E-state index contributed by atoms with van der Waals surface area (Å²) in [6, 6.07) is 9.41. The Hall–Kier alpha value is -2.25. The molecule has 8 heteroatoms. The smallest absolute Gasteiger partial charge is 0.248 e. The lowest BCUT2D eigenvalue weighted by Gasteiger charge is -2.31. The molecule has 0 saturated carbocycles. The number of halogens is 1. The molecule has 2 rings (SSSR count). The van der Waals surface area contributed by atoms with Crippen molar-refractivity contribution in [3.63, 3.8) is 0 Å². The maximum Gasteiger partial charge on any atom is 0.248 e. The fourth-order valence-electron chi connectivity index (χ4n) is 2.99. The van der Waals surface area contributed by atoms with Gasteiger partial charge in [0, 0.05) is 5.02 Å². The van der Waals surface area contributed by atoms with Crippen LogP contribution in [0.1, 0.15) is 24.5 Å². The molecule has 1 amide bonds. The number of aryl methyl sites for hydroxylation is 2. The van der Waals surface area contributed by atoms with Crippen LogP contribution in [0.15, 0.2) is 36.4 Å². The van der Waals surface area contributed by atoms with Gasteiger partial charge in [-0.3, -0.25) is 9.10 Å². The van der Waals surface area contributed by atoms with Crippen LogP contribution < -0.4 is 14.4 Å². The van der Waals surface area contributed by atoms with E-state index in [9.17, 15) is 13.2 Å². The maximum atomic E-state index is 13.1. The average Bonchev–Trinajstić information content (AvgIpc) is 2.61. The number of rotatable bonds is 7. The Morgan fingerprint density at radius 3 is 2.46 bits per heavy atom. The van der Waals surface area contributed by atoms with E-state index in [1.807, 2.05) is 13.0 Å². The molecule has 0 heterocycles. The van der Waals surface area contributed by atoms with Crippen LogP contribution in [0.2, 0.25) is 5.02 Å². The molecule has 0 fully saturated rings. The predicted molar refractivity (Wildman–Crippen MR) is 114 cm³/mol. The van der Waals surface area contributed by atoms with Crippen LogP contribution in [0.25, 0.3) is 0 Å². The molecule has 0 aromatic heterocycles. The Labute approximate surface area is 171 Å². The third kappa shape index (κ3) is 4.97. The molecule has 2 aromatic carbocycles. The van der Waals surface area contributed by atoms with Crippen LogP contribution in [0.4, 0.5) is 11.4 Å². The average molecular weight is 425 g/mol. The highest BCUT2D eigenvalue weighted by Gasteiger charge is 2.33. The Morgan fingerprint density at radius 2 is 1.89 bits per heavy atom. The molecular formula is C20H25ClN2O4S. The first-order valence-electron chi connectivity index (χ1n) is 8.79. The highest BCUT2D eigenvalue weighted by atomic mass is 35.5. The van der Waals surface area contributed by atoms with Crippen molar-refractivity contribution in [2.24, 2.45) is 0 Å². The molecular weight excluding hydrogens is 400 g/mol. The Morgan fingerprint density at radius 1 is 1.21 bits per heavy atom. The third-order valence-corrected chi connectivity index (χ3v) is 5.75. The molecule has 0 aliphatic heterocycles. The van der Waals surface area contributed by atoms with Gasteiger partial charge < -0.3 is 10.1 Å². The minimum atomic E-state index is -3.75. The van der Waals surface area contributed by atoms with Crippen molar-refractivity contribution < 1.29 is 17.9 Å². The van der Waals surface area contributed by atoms with Crippen molar-refractivity contribution in [2.45, 2.75) is 33.2 Å². The Balaban J connectivity index is 2.48. The van der Waals surface area contributed by atoms with Gasteiger partial charge >= 0.3 is 0 Å². The number of methoxy groups -OCH3 is 1. The minimum Gasteiger partial charge on any atom is -0.495 e. The molecule has 152 valence electrons. The van der Waals surface area contributed by atoms with Gasteiger partial charge in [0.1, 0.15) is 11.8 Å². The first-order chi connectivity index (χ1) is 13.1. The van der Waals surface area contributed by atoms with Gasteiger partial charge in [-0.25, -0.2) is 8.42 Å². The summed E-state index contributed by atoms with van der Waals surface area (Å²) in [6.45, 7) is 5.43. The molecule has 0 radical (unpaired) electrons. The fourth-order valence-corrected chi connectivity index (χ4v) is 4.42. The molecule has 28 heavy (non-hydrogen) atoms.